The molecule has 20 heavy (non-hydrogen) atoms. The van der Waals surface area contributed by atoms with Crippen LogP contribution in [-0.2, 0) is 14.6 Å². The second kappa shape index (κ2) is 6.56. The number of methoxy groups -OCH3 is 1. The fraction of sp³-hybridized carbons (Fsp3) is 0.571. The summed E-state index contributed by atoms with van der Waals surface area (Å²) in [5, 5.41) is 2.70. The third kappa shape index (κ3) is 3.13. The average Bonchev–Trinajstić information content (AvgIpc) is 2.48. The van der Waals surface area contributed by atoms with Gasteiger partial charge in [-0.25, -0.2) is 8.42 Å². The van der Waals surface area contributed by atoms with Crippen molar-refractivity contribution in [2.75, 3.05) is 26.9 Å². The molecule has 112 valence electrons. The molecular formula is C14H21NO4S. The monoisotopic (exact) mass is 299 g/mol. The highest BCUT2D eigenvalue weighted by atomic mass is 32.2. The summed E-state index contributed by atoms with van der Waals surface area (Å²) in [6.45, 7) is 3.55. The molecule has 0 bridgehead atoms. The van der Waals surface area contributed by atoms with Gasteiger partial charge in [-0.15, -0.1) is 0 Å². The number of nitrogens with one attached hydrogen (secondary N) is 1. The van der Waals surface area contributed by atoms with Gasteiger partial charge in [0, 0.05) is 12.6 Å². The Kier molecular flexibility index (Phi) is 5.01. The number of hydrogen-bond donors (Lipinski definition) is 1. The van der Waals surface area contributed by atoms with E-state index in [1.165, 1.54) is 7.11 Å². The zero-order valence-corrected chi connectivity index (χ0v) is 12.7. The summed E-state index contributed by atoms with van der Waals surface area (Å²) >= 11 is 0. The van der Waals surface area contributed by atoms with Crippen LogP contribution in [0.3, 0.4) is 0 Å². The van der Waals surface area contributed by atoms with Crippen LogP contribution in [0.5, 0.6) is 5.75 Å². The summed E-state index contributed by atoms with van der Waals surface area (Å²) in [5.74, 6) is 0.544. The third-order valence-electron chi connectivity index (χ3n) is 3.54. The van der Waals surface area contributed by atoms with Crippen LogP contribution in [-0.4, -0.2) is 46.6 Å². The van der Waals surface area contributed by atoms with Gasteiger partial charge in [0.1, 0.15) is 11.0 Å². The van der Waals surface area contributed by atoms with Crippen molar-refractivity contribution < 1.29 is 17.9 Å². The van der Waals surface area contributed by atoms with Crippen LogP contribution in [0, 0.1) is 0 Å². The first-order valence-electron chi connectivity index (χ1n) is 6.78. The molecule has 5 nitrogen and oxygen atoms in total. The Bertz CT molecular complexity index is 542. The lowest BCUT2D eigenvalue weighted by molar-refractivity contribution is 0.0812. The van der Waals surface area contributed by atoms with Crippen molar-refractivity contribution in [3.05, 3.63) is 24.3 Å². The molecule has 1 heterocycles. The lowest BCUT2D eigenvalue weighted by Crippen LogP contribution is -2.50. The Morgan fingerprint density at radius 2 is 2.25 bits per heavy atom. The topological polar surface area (TPSA) is 64.6 Å². The molecule has 0 amide bonds. The van der Waals surface area contributed by atoms with Gasteiger partial charge >= 0.3 is 0 Å². The standard InChI is InChI=1S/C14H21NO4S/c1-3-15-13-7-8-19-10-14(13)20(16,17)12-6-4-5-11(9-12)18-2/h4-6,9,13-15H,3,7-8,10H2,1-2H3. The highest BCUT2D eigenvalue weighted by Gasteiger charge is 2.37. The number of rotatable bonds is 5. The minimum absolute atomic E-state index is 0.0649. The fourth-order valence-corrected chi connectivity index (χ4v) is 4.30. The zero-order chi connectivity index (χ0) is 14.6. The first-order chi connectivity index (χ1) is 9.59. The van der Waals surface area contributed by atoms with Crippen molar-refractivity contribution in [3.63, 3.8) is 0 Å². The van der Waals surface area contributed by atoms with E-state index in [9.17, 15) is 8.42 Å². The van der Waals surface area contributed by atoms with Crippen molar-refractivity contribution >= 4 is 9.84 Å². The van der Waals surface area contributed by atoms with Crippen LogP contribution in [0.25, 0.3) is 0 Å². The minimum Gasteiger partial charge on any atom is -0.497 e. The molecular weight excluding hydrogens is 278 g/mol. The maximum absolute atomic E-state index is 12.8. The van der Waals surface area contributed by atoms with E-state index in [0.29, 0.717) is 18.8 Å². The lowest BCUT2D eigenvalue weighted by Gasteiger charge is -2.31. The van der Waals surface area contributed by atoms with Gasteiger partial charge in [0.15, 0.2) is 9.84 Å². The predicted octanol–water partition coefficient (Wildman–Crippen LogP) is 1.24. The predicted molar refractivity (Wildman–Crippen MR) is 76.9 cm³/mol. The summed E-state index contributed by atoms with van der Waals surface area (Å²) in [4.78, 5) is 0.287. The molecule has 1 saturated heterocycles. The minimum atomic E-state index is -3.43. The molecule has 1 N–H and O–H groups in total. The SMILES string of the molecule is CCNC1CCOCC1S(=O)(=O)c1cccc(OC)c1. The van der Waals surface area contributed by atoms with Crippen LogP contribution < -0.4 is 10.1 Å². The zero-order valence-electron chi connectivity index (χ0n) is 11.8. The van der Waals surface area contributed by atoms with Gasteiger partial charge in [-0.3, -0.25) is 0 Å². The van der Waals surface area contributed by atoms with Gasteiger partial charge in [0.2, 0.25) is 0 Å². The van der Waals surface area contributed by atoms with Crippen molar-refractivity contribution in [2.24, 2.45) is 0 Å². The fourth-order valence-electron chi connectivity index (χ4n) is 2.47. The van der Waals surface area contributed by atoms with E-state index in [0.717, 1.165) is 6.54 Å². The van der Waals surface area contributed by atoms with Crippen LogP contribution in [0.2, 0.25) is 0 Å². The van der Waals surface area contributed by atoms with E-state index in [1.54, 1.807) is 24.3 Å². The highest BCUT2D eigenvalue weighted by Crippen LogP contribution is 2.25. The molecule has 0 spiro atoms. The van der Waals surface area contributed by atoms with Crippen molar-refractivity contribution in [1.82, 2.24) is 5.32 Å². The number of hydrogen-bond acceptors (Lipinski definition) is 5. The van der Waals surface area contributed by atoms with E-state index in [1.807, 2.05) is 6.92 Å². The van der Waals surface area contributed by atoms with E-state index in [2.05, 4.69) is 5.32 Å². The molecule has 0 saturated carbocycles. The van der Waals surface area contributed by atoms with Crippen molar-refractivity contribution in [2.45, 2.75) is 29.5 Å². The number of ether oxygens (including phenoxy) is 2. The second-order valence-electron chi connectivity index (χ2n) is 4.79. The Morgan fingerprint density at radius 3 is 2.95 bits per heavy atom. The number of sulfone groups is 1. The summed E-state index contributed by atoms with van der Waals surface area (Å²) in [6, 6.07) is 6.53. The third-order valence-corrected chi connectivity index (χ3v) is 5.71. The molecule has 0 aromatic heterocycles. The summed E-state index contributed by atoms with van der Waals surface area (Å²) < 4.78 is 36.0. The lowest BCUT2D eigenvalue weighted by atomic mass is 10.1. The first-order valence-corrected chi connectivity index (χ1v) is 8.33. The molecule has 6 heteroatoms. The largest absolute Gasteiger partial charge is 0.497 e. The first kappa shape index (κ1) is 15.3. The van der Waals surface area contributed by atoms with Crippen LogP contribution >= 0.6 is 0 Å². The second-order valence-corrected chi connectivity index (χ2v) is 6.96. The molecule has 1 aliphatic heterocycles. The van der Waals surface area contributed by atoms with Gasteiger partial charge in [0.05, 0.1) is 18.6 Å². The molecule has 1 aromatic rings. The Hall–Kier alpha value is -1.11. The normalized spacial score (nSPS) is 23.5. The maximum atomic E-state index is 12.8. The molecule has 0 radical (unpaired) electrons. The summed E-state index contributed by atoms with van der Waals surface area (Å²) in [7, 11) is -1.91. The van der Waals surface area contributed by atoms with E-state index in [-0.39, 0.29) is 17.5 Å². The van der Waals surface area contributed by atoms with E-state index < -0.39 is 15.1 Å². The molecule has 2 unspecified atom stereocenters. The van der Waals surface area contributed by atoms with Gasteiger partial charge in [-0.05, 0) is 31.2 Å². The Balaban J connectivity index is 2.31. The van der Waals surface area contributed by atoms with Gasteiger partial charge in [-0.1, -0.05) is 13.0 Å². The molecule has 2 atom stereocenters. The van der Waals surface area contributed by atoms with Crippen LogP contribution in [0.4, 0.5) is 0 Å². The molecule has 2 rings (SSSR count). The molecule has 0 aliphatic carbocycles. The van der Waals surface area contributed by atoms with Crippen LogP contribution in [0.1, 0.15) is 13.3 Å². The van der Waals surface area contributed by atoms with E-state index >= 15 is 0 Å². The van der Waals surface area contributed by atoms with E-state index in [4.69, 9.17) is 9.47 Å². The van der Waals surface area contributed by atoms with Crippen molar-refractivity contribution in [3.8, 4) is 5.75 Å². The Morgan fingerprint density at radius 1 is 1.45 bits per heavy atom. The quantitative estimate of drug-likeness (QED) is 0.886. The molecule has 1 fully saturated rings. The summed E-state index contributed by atoms with van der Waals surface area (Å²) in [5.41, 5.74) is 0. The van der Waals surface area contributed by atoms with Gasteiger partial charge in [-0.2, -0.15) is 0 Å². The van der Waals surface area contributed by atoms with Crippen molar-refractivity contribution in [1.29, 1.82) is 0 Å². The maximum Gasteiger partial charge on any atom is 0.185 e. The van der Waals surface area contributed by atoms with Gasteiger partial charge in [0.25, 0.3) is 0 Å². The van der Waals surface area contributed by atoms with Crippen LogP contribution in [0.15, 0.2) is 29.2 Å². The molecule has 1 aromatic carbocycles. The van der Waals surface area contributed by atoms with Gasteiger partial charge < -0.3 is 14.8 Å². The smallest absolute Gasteiger partial charge is 0.185 e. The summed E-state index contributed by atoms with van der Waals surface area (Å²) in [6.07, 6.45) is 0.710. The highest BCUT2D eigenvalue weighted by molar-refractivity contribution is 7.92. The molecule has 1 aliphatic rings. The average molecular weight is 299 g/mol. The Labute approximate surface area is 120 Å². The number of benzene rings is 1.